The van der Waals surface area contributed by atoms with Gasteiger partial charge in [0.15, 0.2) is 0 Å². The summed E-state index contributed by atoms with van der Waals surface area (Å²) in [6.07, 6.45) is -4.70. The number of halogens is 3. The molecule has 0 aliphatic rings. The number of nitrogens with zero attached hydrogens (tertiary/aromatic N) is 1. The van der Waals surface area contributed by atoms with Gasteiger partial charge in [-0.3, -0.25) is 0 Å². The molecule has 0 aromatic heterocycles. The SMILES string of the molecule is COc1ccc(N(C)c2ccc(C(F)(F)F)cc2S(N)(=O)=O)c(OC)c1. The first-order chi connectivity index (χ1) is 12.0. The van der Waals surface area contributed by atoms with E-state index in [0.29, 0.717) is 23.3 Å². The third-order valence-electron chi connectivity index (χ3n) is 3.70. The predicted molar refractivity (Wildman–Crippen MR) is 90.4 cm³/mol. The van der Waals surface area contributed by atoms with E-state index in [9.17, 15) is 21.6 Å². The second kappa shape index (κ2) is 7.04. The third-order valence-corrected chi connectivity index (χ3v) is 4.64. The number of rotatable bonds is 5. The molecule has 142 valence electrons. The minimum Gasteiger partial charge on any atom is -0.497 e. The van der Waals surface area contributed by atoms with Gasteiger partial charge in [0.05, 0.1) is 31.2 Å². The summed E-state index contributed by atoms with van der Waals surface area (Å²) >= 11 is 0. The van der Waals surface area contributed by atoms with E-state index in [1.165, 1.54) is 26.2 Å². The normalized spacial score (nSPS) is 12.0. The van der Waals surface area contributed by atoms with Gasteiger partial charge in [-0.2, -0.15) is 13.2 Å². The molecule has 6 nitrogen and oxygen atoms in total. The molecule has 0 unspecified atom stereocenters. The number of benzene rings is 2. The van der Waals surface area contributed by atoms with Crippen LogP contribution >= 0.6 is 0 Å². The van der Waals surface area contributed by atoms with Crippen molar-refractivity contribution in [1.29, 1.82) is 0 Å². The van der Waals surface area contributed by atoms with Gasteiger partial charge in [-0.15, -0.1) is 0 Å². The number of nitrogens with two attached hydrogens (primary N) is 1. The number of methoxy groups -OCH3 is 2. The van der Waals surface area contributed by atoms with E-state index in [1.807, 2.05) is 0 Å². The van der Waals surface area contributed by atoms with Gasteiger partial charge in [0.25, 0.3) is 0 Å². The molecule has 0 heterocycles. The van der Waals surface area contributed by atoms with Crippen LogP contribution in [0.15, 0.2) is 41.3 Å². The lowest BCUT2D eigenvalue weighted by molar-refractivity contribution is -0.137. The lowest BCUT2D eigenvalue weighted by atomic mass is 10.1. The summed E-state index contributed by atoms with van der Waals surface area (Å²) < 4.78 is 72.8. The number of sulfonamides is 1. The summed E-state index contributed by atoms with van der Waals surface area (Å²) in [5, 5.41) is 5.13. The first-order valence-electron chi connectivity index (χ1n) is 7.19. The van der Waals surface area contributed by atoms with E-state index in [2.05, 4.69) is 0 Å². The molecule has 0 saturated heterocycles. The molecule has 26 heavy (non-hydrogen) atoms. The van der Waals surface area contributed by atoms with E-state index in [0.717, 1.165) is 12.1 Å². The van der Waals surface area contributed by atoms with Crippen molar-refractivity contribution >= 4 is 21.4 Å². The van der Waals surface area contributed by atoms with Gasteiger partial charge in [0, 0.05) is 13.1 Å². The Bertz CT molecular complexity index is 914. The Morgan fingerprint density at radius 1 is 1.00 bits per heavy atom. The Hall–Kier alpha value is -2.46. The molecule has 2 aromatic rings. The molecule has 0 bridgehead atoms. The summed E-state index contributed by atoms with van der Waals surface area (Å²) in [4.78, 5) is 0.728. The number of hydrogen-bond acceptors (Lipinski definition) is 5. The quantitative estimate of drug-likeness (QED) is 0.848. The molecular weight excluding hydrogens is 373 g/mol. The molecule has 0 saturated carbocycles. The zero-order chi connectivity index (χ0) is 19.7. The van der Waals surface area contributed by atoms with Crippen LogP contribution in [0.3, 0.4) is 0 Å². The zero-order valence-corrected chi connectivity index (χ0v) is 15.0. The van der Waals surface area contributed by atoms with Gasteiger partial charge in [-0.1, -0.05) is 0 Å². The Balaban J connectivity index is 2.64. The maximum Gasteiger partial charge on any atom is 0.416 e. The van der Waals surface area contributed by atoms with E-state index in [4.69, 9.17) is 14.6 Å². The molecule has 10 heteroatoms. The highest BCUT2D eigenvalue weighted by Gasteiger charge is 2.33. The van der Waals surface area contributed by atoms with E-state index in [1.54, 1.807) is 18.2 Å². The lowest BCUT2D eigenvalue weighted by Gasteiger charge is -2.24. The second-order valence-electron chi connectivity index (χ2n) is 5.32. The average Bonchev–Trinajstić information content (AvgIpc) is 2.58. The summed E-state index contributed by atoms with van der Waals surface area (Å²) in [5.41, 5.74) is -0.720. The average molecular weight is 390 g/mol. The molecule has 2 rings (SSSR count). The van der Waals surface area contributed by atoms with Crippen molar-refractivity contribution in [1.82, 2.24) is 0 Å². The highest BCUT2D eigenvalue weighted by atomic mass is 32.2. The van der Waals surface area contributed by atoms with Gasteiger partial charge < -0.3 is 14.4 Å². The molecule has 0 amide bonds. The highest BCUT2D eigenvalue weighted by Crippen LogP contribution is 2.39. The van der Waals surface area contributed by atoms with Gasteiger partial charge in [-0.25, -0.2) is 13.6 Å². The fourth-order valence-electron chi connectivity index (χ4n) is 2.39. The van der Waals surface area contributed by atoms with Crippen molar-refractivity contribution < 1.29 is 31.1 Å². The van der Waals surface area contributed by atoms with Crippen LogP contribution in [0, 0.1) is 0 Å². The monoisotopic (exact) mass is 390 g/mol. The van der Waals surface area contributed by atoms with Crippen LogP contribution in [0.4, 0.5) is 24.5 Å². The second-order valence-corrected chi connectivity index (χ2v) is 6.85. The van der Waals surface area contributed by atoms with Crippen molar-refractivity contribution in [2.24, 2.45) is 5.14 Å². The first-order valence-corrected chi connectivity index (χ1v) is 8.73. The molecule has 0 spiro atoms. The first kappa shape index (κ1) is 19.9. The van der Waals surface area contributed by atoms with Crippen LogP contribution in [0.2, 0.25) is 0 Å². The molecule has 0 aliphatic carbocycles. The minimum atomic E-state index is -4.70. The van der Waals surface area contributed by atoms with E-state index >= 15 is 0 Å². The van der Waals surface area contributed by atoms with Gasteiger partial charge in [0.2, 0.25) is 10.0 Å². The number of alkyl halides is 3. The summed E-state index contributed by atoms with van der Waals surface area (Å²) in [7, 11) is -0.0535. The fourth-order valence-corrected chi connectivity index (χ4v) is 3.17. The van der Waals surface area contributed by atoms with Crippen molar-refractivity contribution in [3.05, 3.63) is 42.0 Å². The van der Waals surface area contributed by atoms with Gasteiger partial charge in [-0.05, 0) is 30.3 Å². The predicted octanol–water partition coefficient (Wildman–Crippen LogP) is 3.14. The largest absolute Gasteiger partial charge is 0.497 e. The molecular formula is C16H17F3N2O4S. The van der Waals surface area contributed by atoms with Gasteiger partial charge in [0.1, 0.15) is 16.4 Å². The van der Waals surface area contributed by atoms with Crippen molar-refractivity contribution in [3.63, 3.8) is 0 Å². The van der Waals surface area contributed by atoms with Crippen molar-refractivity contribution in [3.8, 4) is 11.5 Å². The number of primary sulfonamides is 1. The number of ether oxygens (including phenoxy) is 2. The minimum absolute atomic E-state index is 0.0241. The maximum atomic E-state index is 12.9. The van der Waals surface area contributed by atoms with E-state index < -0.39 is 26.7 Å². The number of anilines is 2. The van der Waals surface area contributed by atoms with Crippen LogP contribution in [0.5, 0.6) is 11.5 Å². The van der Waals surface area contributed by atoms with Crippen LogP contribution in [0.25, 0.3) is 0 Å². The summed E-state index contributed by atoms with van der Waals surface area (Å²) in [6, 6.07) is 7.10. The summed E-state index contributed by atoms with van der Waals surface area (Å²) in [6.45, 7) is 0. The maximum absolute atomic E-state index is 12.9. The van der Waals surface area contributed by atoms with Crippen LogP contribution in [-0.2, 0) is 16.2 Å². The Morgan fingerprint density at radius 2 is 1.62 bits per heavy atom. The van der Waals surface area contributed by atoms with Crippen molar-refractivity contribution in [2.75, 3.05) is 26.2 Å². The molecule has 0 atom stereocenters. The topological polar surface area (TPSA) is 81.9 Å². The Morgan fingerprint density at radius 3 is 2.12 bits per heavy atom. The van der Waals surface area contributed by atoms with Crippen molar-refractivity contribution in [2.45, 2.75) is 11.1 Å². The van der Waals surface area contributed by atoms with Gasteiger partial charge >= 0.3 is 6.18 Å². The summed E-state index contributed by atoms with van der Waals surface area (Å²) in [5.74, 6) is 0.838. The smallest absolute Gasteiger partial charge is 0.416 e. The Labute approximate surface area is 149 Å². The zero-order valence-electron chi connectivity index (χ0n) is 14.2. The van der Waals surface area contributed by atoms with Crippen LogP contribution in [-0.4, -0.2) is 29.7 Å². The molecule has 0 fully saturated rings. The van der Waals surface area contributed by atoms with Crippen LogP contribution < -0.4 is 19.5 Å². The molecule has 2 aromatic carbocycles. The lowest BCUT2D eigenvalue weighted by Crippen LogP contribution is -2.20. The standard InChI is InChI=1S/C16H17F3N2O4S/c1-21(12-7-5-11(24-2)9-14(12)25-3)13-6-4-10(16(17,18)19)8-15(13)26(20,22)23/h4-9H,1-3H3,(H2,20,22,23). The highest BCUT2D eigenvalue weighted by molar-refractivity contribution is 7.89. The molecule has 0 radical (unpaired) electrons. The number of hydrogen-bond donors (Lipinski definition) is 1. The third kappa shape index (κ3) is 4.02. The fraction of sp³-hybridized carbons (Fsp3) is 0.250. The van der Waals surface area contributed by atoms with Crippen LogP contribution in [0.1, 0.15) is 5.56 Å². The van der Waals surface area contributed by atoms with E-state index in [-0.39, 0.29) is 5.69 Å². The Kier molecular flexibility index (Phi) is 5.38. The molecule has 0 aliphatic heterocycles. The molecule has 2 N–H and O–H groups in total.